The summed E-state index contributed by atoms with van der Waals surface area (Å²) in [5, 5.41) is 9.14. The minimum Gasteiger partial charge on any atom is -0.365 e. The number of nitrogens with zero attached hydrogens (tertiary/aromatic N) is 3. The molecule has 3 aliphatic heterocycles. The molecule has 6 nitrogen and oxygen atoms in total. The zero-order chi connectivity index (χ0) is 19.7. The summed E-state index contributed by atoms with van der Waals surface area (Å²) >= 11 is 0. The van der Waals surface area contributed by atoms with Crippen molar-refractivity contribution in [1.29, 1.82) is 5.26 Å². The van der Waals surface area contributed by atoms with E-state index in [1.54, 1.807) is 18.2 Å². The molecule has 0 saturated carbocycles. The lowest BCUT2D eigenvalue weighted by atomic mass is 9.79. The van der Waals surface area contributed by atoms with Crippen molar-refractivity contribution in [2.24, 2.45) is 11.8 Å². The van der Waals surface area contributed by atoms with Gasteiger partial charge in [-0.05, 0) is 58.4 Å². The maximum atomic E-state index is 13.4. The number of carbonyl (C=O) groups is 2. The Morgan fingerprint density at radius 1 is 1.15 bits per heavy atom. The van der Waals surface area contributed by atoms with Gasteiger partial charge in [0, 0.05) is 19.1 Å². The minimum atomic E-state index is -0.676. The number of amides is 2. The molecule has 3 heterocycles. The van der Waals surface area contributed by atoms with Gasteiger partial charge in [-0.2, -0.15) is 5.26 Å². The zero-order valence-corrected chi connectivity index (χ0v) is 16.4. The van der Waals surface area contributed by atoms with Crippen molar-refractivity contribution in [1.82, 2.24) is 4.90 Å². The Bertz CT molecular complexity index is 853. The van der Waals surface area contributed by atoms with Crippen LogP contribution in [0.2, 0.25) is 0 Å². The summed E-state index contributed by atoms with van der Waals surface area (Å²) in [5.74, 6) is -1.33. The number of nitriles is 1. The van der Waals surface area contributed by atoms with Gasteiger partial charge in [-0.3, -0.25) is 14.5 Å². The molecule has 1 aromatic rings. The van der Waals surface area contributed by atoms with E-state index < -0.39 is 23.0 Å². The lowest BCUT2D eigenvalue weighted by Crippen LogP contribution is -2.59. The lowest BCUT2D eigenvalue weighted by Gasteiger charge is -2.46. The molecule has 0 aromatic heterocycles. The third-order valence-corrected chi connectivity index (χ3v) is 6.44. The first-order chi connectivity index (χ1) is 12.6. The number of morpholine rings is 1. The number of rotatable bonds is 2. The number of benzene rings is 1. The van der Waals surface area contributed by atoms with Crippen molar-refractivity contribution >= 4 is 17.5 Å². The van der Waals surface area contributed by atoms with Gasteiger partial charge in [-0.1, -0.05) is 0 Å². The molecule has 0 N–H and O–H groups in total. The Hall–Kier alpha value is -2.23. The summed E-state index contributed by atoms with van der Waals surface area (Å²) in [4.78, 5) is 30.4. The number of ether oxygens (including phenoxy) is 1. The average molecular weight is 367 g/mol. The van der Waals surface area contributed by atoms with Crippen molar-refractivity contribution < 1.29 is 14.3 Å². The quantitative estimate of drug-likeness (QED) is 0.750. The third-order valence-electron chi connectivity index (χ3n) is 6.44. The summed E-state index contributed by atoms with van der Waals surface area (Å²) < 4.78 is 6.35. The van der Waals surface area contributed by atoms with E-state index >= 15 is 0 Å². The molecule has 2 amide bonds. The van der Waals surface area contributed by atoms with Crippen LogP contribution in [-0.4, -0.2) is 47.0 Å². The summed E-state index contributed by atoms with van der Waals surface area (Å²) in [6.45, 7) is 11.3. The average Bonchev–Trinajstić information content (AvgIpc) is 2.94. The van der Waals surface area contributed by atoms with Gasteiger partial charge in [0.05, 0.1) is 40.4 Å². The van der Waals surface area contributed by atoms with Gasteiger partial charge >= 0.3 is 0 Å². The Balaban J connectivity index is 1.75. The fourth-order valence-electron chi connectivity index (χ4n) is 5.21. The summed E-state index contributed by atoms with van der Waals surface area (Å²) in [6, 6.07) is 7.55. The molecule has 3 saturated heterocycles. The highest BCUT2D eigenvalue weighted by molar-refractivity contribution is 6.23. The van der Waals surface area contributed by atoms with E-state index in [1.807, 2.05) is 20.8 Å². The highest BCUT2D eigenvalue weighted by Crippen LogP contribution is 2.55. The van der Waals surface area contributed by atoms with E-state index in [-0.39, 0.29) is 11.8 Å². The van der Waals surface area contributed by atoms with Crippen LogP contribution in [0.1, 0.15) is 38.8 Å². The number of hydrogen-bond acceptors (Lipinski definition) is 5. The highest BCUT2D eigenvalue weighted by atomic mass is 16.5. The van der Waals surface area contributed by atoms with Crippen LogP contribution in [0.3, 0.4) is 0 Å². The number of imide groups is 1. The molecule has 4 rings (SSSR count). The number of hydrogen-bond donors (Lipinski definition) is 0. The normalized spacial score (nSPS) is 35.7. The number of anilines is 1. The van der Waals surface area contributed by atoms with Crippen molar-refractivity contribution in [3.8, 4) is 6.07 Å². The molecule has 2 bridgehead atoms. The fourth-order valence-corrected chi connectivity index (χ4v) is 5.21. The fraction of sp³-hybridized carbons (Fsp3) is 0.571. The molecular weight excluding hydrogens is 342 g/mol. The van der Waals surface area contributed by atoms with Crippen LogP contribution in [-0.2, 0) is 14.3 Å². The molecule has 0 radical (unpaired) electrons. The molecule has 3 fully saturated rings. The van der Waals surface area contributed by atoms with Crippen molar-refractivity contribution in [3.05, 3.63) is 29.3 Å². The second-order valence-electron chi connectivity index (χ2n) is 8.80. The van der Waals surface area contributed by atoms with Crippen LogP contribution in [0.25, 0.3) is 0 Å². The zero-order valence-electron chi connectivity index (χ0n) is 16.4. The van der Waals surface area contributed by atoms with Crippen LogP contribution in [0, 0.1) is 30.1 Å². The Morgan fingerprint density at radius 2 is 1.70 bits per heavy atom. The van der Waals surface area contributed by atoms with Crippen LogP contribution in [0.5, 0.6) is 0 Å². The largest absolute Gasteiger partial charge is 0.365 e. The predicted molar refractivity (Wildman–Crippen MR) is 100.0 cm³/mol. The van der Waals surface area contributed by atoms with Crippen LogP contribution >= 0.6 is 0 Å². The maximum absolute atomic E-state index is 13.4. The van der Waals surface area contributed by atoms with Crippen molar-refractivity contribution in [3.63, 3.8) is 0 Å². The second kappa shape index (κ2) is 5.63. The first kappa shape index (κ1) is 18.1. The van der Waals surface area contributed by atoms with Gasteiger partial charge in [0.1, 0.15) is 0 Å². The van der Waals surface area contributed by atoms with Crippen LogP contribution < -0.4 is 4.90 Å². The maximum Gasteiger partial charge on any atom is 0.240 e. The first-order valence-electron chi connectivity index (χ1n) is 9.44. The van der Waals surface area contributed by atoms with E-state index in [0.717, 1.165) is 5.56 Å². The molecule has 3 aliphatic rings. The summed E-state index contributed by atoms with van der Waals surface area (Å²) in [6.07, 6.45) is 0. The van der Waals surface area contributed by atoms with Gasteiger partial charge in [0.15, 0.2) is 0 Å². The van der Waals surface area contributed by atoms with Gasteiger partial charge in [0.2, 0.25) is 11.8 Å². The smallest absolute Gasteiger partial charge is 0.240 e. The lowest BCUT2D eigenvalue weighted by molar-refractivity contribution is -0.173. The molecular formula is C21H25N3O3. The van der Waals surface area contributed by atoms with E-state index in [0.29, 0.717) is 30.4 Å². The molecule has 27 heavy (non-hydrogen) atoms. The van der Waals surface area contributed by atoms with Gasteiger partial charge in [-0.25, -0.2) is 4.90 Å². The Kier molecular flexibility index (Phi) is 3.79. The van der Waals surface area contributed by atoms with Gasteiger partial charge in [0.25, 0.3) is 0 Å². The van der Waals surface area contributed by atoms with Gasteiger partial charge < -0.3 is 4.74 Å². The summed E-state index contributed by atoms with van der Waals surface area (Å²) in [5.41, 5.74) is 0.495. The number of aryl methyl sites for hydroxylation is 1. The van der Waals surface area contributed by atoms with E-state index in [2.05, 4.69) is 24.8 Å². The standard InChI is InChI=1S/C21H25N3O3/c1-12(2)23-10-20(4)16-17(21(5,11-23)27-20)19(26)24(18(16)25)15-7-6-14(9-22)13(3)8-15/h6-8,12,16-17H,10-11H2,1-5H3/t16-,17+,20-,21+. The predicted octanol–water partition coefficient (Wildman–Crippen LogP) is 2.24. The minimum absolute atomic E-state index is 0.189. The molecule has 1 aromatic carbocycles. The molecule has 6 heteroatoms. The Labute approximate surface area is 159 Å². The second-order valence-corrected chi connectivity index (χ2v) is 8.80. The van der Waals surface area contributed by atoms with Gasteiger partial charge in [-0.15, -0.1) is 0 Å². The molecule has 0 unspecified atom stereocenters. The first-order valence-corrected chi connectivity index (χ1v) is 9.44. The molecule has 4 atom stereocenters. The SMILES string of the molecule is Cc1cc(N2C(=O)[C@@H]3[C@H](C2=O)[C@@]2(C)CN(C(C)C)C[C@]3(C)O2)ccc1C#N. The molecule has 0 aliphatic carbocycles. The molecule has 0 spiro atoms. The Morgan fingerprint density at radius 3 is 2.15 bits per heavy atom. The van der Waals surface area contributed by atoms with Crippen molar-refractivity contribution in [2.45, 2.75) is 51.9 Å². The number of carbonyl (C=O) groups excluding carboxylic acids is 2. The van der Waals surface area contributed by atoms with E-state index in [1.165, 1.54) is 4.90 Å². The topological polar surface area (TPSA) is 73.6 Å². The van der Waals surface area contributed by atoms with Crippen LogP contribution in [0.15, 0.2) is 18.2 Å². The molecule has 142 valence electrons. The number of fused-ring (bicyclic) bond motifs is 5. The highest BCUT2D eigenvalue weighted by Gasteiger charge is 2.71. The third kappa shape index (κ3) is 2.38. The summed E-state index contributed by atoms with van der Waals surface area (Å²) in [7, 11) is 0. The number of likely N-dealkylation sites (tertiary alicyclic amines) is 1. The van der Waals surface area contributed by atoms with E-state index in [9.17, 15) is 9.59 Å². The van der Waals surface area contributed by atoms with Crippen LogP contribution in [0.4, 0.5) is 5.69 Å². The monoisotopic (exact) mass is 367 g/mol. The van der Waals surface area contributed by atoms with E-state index in [4.69, 9.17) is 10.00 Å². The van der Waals surface area contributed by atoms with Crippen molar-refractivity contribution in [2.75, 3.05) is 18.0 Å².